The number of piperazine rings is 1. The summed E-state index contributed by atoms with van der Waals surface area (Å²) in [5.41, 5.74) is 2.69. The maximum atomic E-state index is 12.1. The maximum Gasteiger partial charge on any atom is 0.237 e. The molecule has 1 saturated heterocycles. The van der Waals surface area contributed by atoms with Crippen LogP contribution in [0, 0.1) is 6.92 Å². The number of hydrogen-bond donors (Lipinski definition) is 1. The topological polar surface area (TPSA) is 35.6 Å². The number of hydrogen-bond acceptors (Lipinski definition) is 3. The van der Waals surface area contributed by atoms with E-state index in [1.54, 1.807) is 0 Å². The monoisotopic (exact) mass is 303 g/mol. The molecule has 4 nitrogen and oxygen atoms in total. The van der Waals surface area contributed by atoms with Gasteiger partial charge in [-0.25, -0.2) is 0 Å². The van der Waals surface area contributed by atoms with Gasteiger partial charge in [0.15, 0.2) is 0 Å². The molecule has 0 aromatic heterocycles. The van der Waals surface area contributed by atoms with E-state index in [4.69, 9.17) is 0 Å². The average Bonchev–Trinajstić information content (AvgIpc) is 2.46. The first kappa shape index (κ1) is 17.0. The van der Waals surface area contributed by atoms with Crippen molar-refractivity contribution in [3.05, 3.63) is 35.4 Å². The van der Waals surface area contributed by atoms with Crippen LogP contribution >= 0.6 is 0 Å². The largest absolute Gasteiger partial charge is 0.353 e. The first-order valence-corrected chi connectivity index (χ1v) is 8.28. The number of amides is 1. The van der Waals surface area contributed by atoms with Crippen molar-refractivity contribution in [1.82, 2.24) is 15.1 Å². The van der Waals surface area contributed by atoms with Crippen LogP contribution in [0.15, 0.2) is 24.3 Å². The Morgan fingerprint density at radius 1 is 1.18 bits per heavy atom. The van der Waals surface area contributed by atoms with Crippen molar-refractivity contribution in [1.29, 1.82) is 0 Å². The third-order valence-corrected chi connectivity index (χ3v) is 4.25. The Kier molecular flexibility index (Phi) is 5.98. The second kappa shape index (κ2) is 7.75. The van der Waals surface area contributed by atoms with E-state index in [1.807, 2.05) is 20.8 Å². The van der Waals surface area contributed by atoms with E-state index in [9.17, 15) is 4.79 Å². The van der Waals surface area contributed by atoms with E-state index < -0.39 is 0 Å². The predicted molar refractivity (Wildman–Crippen MR) is 90.8 cm³/mol. The summed E-state index contributed by atoms with van der Waals surface area (Å²) in [5, 5.41) is 3.00. The summed E-state index contributed by atoms with van der Waals surface area (Å²) in [7, 11) is 0. The highest BCUT2D eigenvalue weighted by atomic mass is 16.2. The van der Waals surface area contributed by atoms with Gasteiger partial charge in [-0.2, -0.15) is 0 Å². The molecule has 1 aromatic carbocycles. The molecule has 1 heterocycles. The molecule has 1 atom stereocenters. The van der Waals surface area contributed by atoms with Crippen LogP contribution in [0.3, 0.4) is 0 Å². The number of carbonyl (C=O) groups is 1. The number of benzene rings is 1. The Bertz CT molecular complexity index is 493. The van der Waals surface area contributed by atoms with Gasteiger partial charge in [-0.15, -0.1) is 0 Å². The molecule has 0 radical (unpaired) electrons. The molecule has 0 unspecified atom stereocenters. The van der Waals surface area contributed by atoms with Gasteiger partial charge in [-0.3, -0.25) is 14.6 Å². The second-order valence-electron chi connectivity index (χ2n) is 6.64. The third kappa shape index (κ3) is 4.82. The minimum Gasteiger partial charge on any atom is -0.353 e. The molecule has 22 heavy (non-hydrogen) atoms. The highest BCUT2D eigenvalue weighted by Gasteiger charge is 2.25. The lowest BCUT2D eigenvalue weighted by Crippen LogP contribution is -2.54. The molecular weight excluding hydrogens is 274 g/mol. The van der Waals surface area contributed by atoms with Gasteiger partial charge in [-0.05, 0) is 33.3 Å². The van der Waals surface area contributed by atoms with Crippen molar-refractivity contribution in [2.45, 2.75) is 46.3 Å². The van der Waals surface area contributed by atoms with Gasteiger partial charge in [0.25, 0.3) is 0 Å². The van der Waals surface area contributed by atoms with Crippen LogP contribution in [-0.2, 0) is 11.3 Å². The molecule has 1 N–H and O–H groups in total. The first-order chi connectivity index (χ1) is 10.5. The summed E-state index contributed by atoms with van der Waals surface area (Å²) in [5.74, 6) is 0.141. The third-order valence-electron chi connectivity index (χ3n) is 4.25. The second-order valence-corrected chi connectivity index (χ2v) is 6.64. The minimum absolute atomic E-state index is 0.0384. The Balaban J connectivity index is 1.81. The molecule has 1 amide bonds. The van der Waals surface area contributed by atoms with Crippen molar-refractivity contribution in [3.63, 3.8) is 0 Å². The summed E-state index contributed by atoms with van der Waals surface area (Å²) in [6.45, 7) is 13.1. The molecule has 0 bridgehead atoms. The van der Waals surface area contributed by atoms with Crippen LogP contribution < -0.4 is 5.32 Å². The van der Waals surface area contributed by atoms with Crippen molar-refractivity contribution >= 4 is 5.91 Å². The van der Waals surface area contributed by atoms with Gasteiger partial charge in [0.1, 0.15) is 0 Å². The fourth-order valence-corrected chi connectivity index (χ4v) is 2.95. The van der Waals surface area contributed by atoms with Crippen LogP contribution in [0.4, 0.5) is 0 Å². The summed E-state index contributed by atoms with van der Waals surface area (Å²) in [6.07, 6.45) is 0. The zero-order valence-electron chi connectivity index (χ0n) is 14.3. The van der Waals surface area contributed by atoms with Crippen molar-refractivity contribution in [3.8, 4) is 0 Å². The number of nitrogens with zero attached hydrogens (tertiary/aromatic N) is 2. The van der Waals surface area contributed by atoms with Gasteiger partial charge < -0.3 is 5.32 Å². The molecule has 0 spiro atoms. The fourth-order valence-electron chi connectivity index (χ4n) is 2.95. The molecule has 1 fully saturated rings. The minimum atomic E-state index is -0.0384. The van der Waals surface area contributed by atoms with Crippen LogP contribution in [0.5, 0.6) is 0 Å². The molecule has 0 aliphatic carbocycles. The van der Waals surface area contributed by atoms with Crippen molar-refractivity contribution in [2.75, 3.05) is 26.2 Å². The molecule has 1 aliphatic heterocycles. The van der Waals surface area contributed by atoms with Gasteiger partial charge in [0.05, 0.1) is 6.04 Å². The van der Waals surface area contributed by atoms with Gasteiger partial charge in [-0.1, -0.05) is 29.8 Å². The summed E-state index contributed by atoms with van der Waals surface area (Å²) in [6, 6.07) is 8.87. The van der Waals surface area contributed by atoms with Crippen LogP contribution in [-0.4, -0.2) is 54.0 Å². The molecule has 1 aromatic rings. The van der Waals surface area contributed by atoms with E-state index in [0.29, 0.717) is 0 Å². The fraction of sp³-hybridized carbons (Fsp3) is 0.611. The quantitative estimate of drug-likeness (QED) is 0.904. The molecule has 2 rings (SSSR count). The Hall–Kier alpha value is -1.39. The van der Waals surface area contributed by atoms with Gasteiger partial charge >= 0.3 is 0 Å². The van der Waals surface area contributed by atoms with E-state index >= 15 is 0 Å². The highest BCUT2D eigenvalue weighted by molar-refractivity contribution is 5.81. The molecule has 1 aliphatic rings. The average molecular weight is 303 g/mol. The van der Waals surface area contributed by atoms with Crippen LogP contribution in [0.1, 0.15) is 31.9 Å². The first-order valence-electron chi connectivity index (χ1n) is 8.28. The maximum absolute atomic E-state index is 12.1. The molecule has 122 valence electrons. The Morgan fingerprint density at radius 3 is 2.45 bits per heavy atom. The summed E-state index contributed by atoms with van der Waals surface area (Å²) in [4.78, 5) is 16.8. The number of rotatable bonds is 5. The zero-order valence-corrected chi connectivity index (χ0v) is 14.3. The van der Waals surface area contributed by atoms with Gasteiger partial charge in [0.2, 0.25) is 5.91 Å². The van der Waals surface area contributed by atoms with Crippen LogP contribution in [0.25, 0.3) is 0 Å². The molecule has 4 heteroatoms. The van der Waals surface area contributed by atoms with Gasteiger partial charge in [0, 0.05) is 38.8 Å². The van der Waals surface area contributed by atoms with E-state index in [2.05, 4.69) is 46.3 Å². The highest BCUT2D eigenvalue weighted by Crippen LogP contribution is 2.12. The Labute approximate surface area is 134 Å². The standard InChI is InChI=1S/C18H29N3O/c1-14(2)19-18(22)16(4)21-10-8-20(9-11-21)13-17-7-5-6-15(3)12-17/h5-7,12,14,16H,8-11,13H2,1-4H3,(H,19,22)/t16-/m0/s1. The normalized spacial score (nSPS) is 18.4. The van der Waals surface area contributed by atoms with Crippen molar-refractivity contribution < 1.29 is 4.79 Å². The zero-order chi connectivity index (χ0) is 16.1. The van der Waals surface area contributed by atoms with E-state index in [1.165, 1.54) is 11.1 Å². The lowest BCUT2D eigenvalue weighted by atomic mass is 10.1. The summed E-state index contributed by atoms with van der Waals surface area (Å²) < 4.78 is 0. The smallest absolute Gasteiger partial charge is 0.237 e. The van der Waals surface area contributed by atoms with Crippen LogP contribution in [0.2, 0.25) is 0 Å². The number of carbonyl (C=O) groups excluding carboxylic acids is 1. The lowest BCUT2D eigenvalue weighted by Gasteiger charge is -2.37. The van der Waals surface area contributed by atoms with Crippen molar-refractivity contribution in [2.24, 2.45) is 0 Å². The lowest BCUT2D eigenvalue weighted by molar-refractivity contribution is -0.127. The summed E-state index contributed by atoms with van der Waals surface area (Å²) >= 11 is 0. The van der Waals surface area contributed by atoms with E-state index in [0.717, 1.165) is 32.7 Å². The molecule has 0 saturated carbocycles. The number of nitrogens with one attached hydrogen (secondary N) is 1. The molecular formula is C18H29N3O. The predicted octanol–water partition coefficient (Wildman–Crippen LogP) is 2.03. The Morgan fingerprint density at radius 2 is 1.86 bits per heavy atom. The SMILES string of the molecule is Cc1cccc(CN2CCN([C@@H](C)C(=O)NC(C)C)CC2)c1. The number of aryl methyl sites for hydroxylation is 1. The van der Waals surface area contributed by atoms with E-state index in [-0.39, 0.29) is 18.0 Å².